The Labute approximate surface area is 394 Å². The maximum atomic E-state index is 13.6. The van der Waals surface area contributed by atoms with Crippen molar-refractivity contribution in [2.45, 2.75) is 91.0 Å². The predicted molar refractivity (Wildman–Crippen MR) is 246 cm³/mol. The van der Waals surface area contributed by atoms with Crippen molar-refractivity contribution in [1.29, 1.82) is 0 Å². The molecule has 3 amide bonds. The molecular formula is C47H57ClF2N10O7. The Morgan fingerprint density at radius 2 is 1.15 bits per heavy atom. The summed E-state index contributed by atoms with van der Waals surface area (Å²) >= 11 is 0. The first-order valence-electron chi connectivity index (χ1n) is 22.3. The zero-order chi connectivity index (χ0) is 46.7. The van der Waals surface area contributed by atoms with Crippen LogP contribution in [0.2, 0.25) is 0 Å². The van der Waals surface area contributed by atoms with Crippen molar-refractivity contribution in [2.24, 2.45) is 22.1 Å². The van der Waals surface area contributed by atoms with Gasteiger partial charge >= 0.3 is 0 Å². The molecular weight excluding hydrogens is 890 g/mol. The Balaban J connectivity index is 0.000000219. The lowest BCUT2D eigenvalue weighted by atomic mass is 9.88. The van der Waals surface area contributed by atoms with Gasteiger partial charge in [0, 0.05) is 57.3 Å². The number of hydrogen-bond acceptors (Lipinski definition) is 14. The highest BCUT2D eigenvalue weighted by molar-refractivity contribution is 6.02. The summed E-state index contributed by atoms with van der Waals surface area (Å²) in [5.41, 5.74) is 4.49. The minimum Gasteiger partial charge on any atom is -0.494 e. The SMILES string of the molecule is CCC(=O)N1CCC(C2CC(c3cc(C(=O)NCc4ccc(F)c(OC)c4)nc(C)n3)=NO2)CC1.COc1cc(CNC(=O)c2cc(C3=NOC(C4CCNCC4)C3)nc(C)n2)ccc1F.Cl. The molecule has 17 nitrogen and oxygen atoms in total. The van der Waals surface area contributed by atoms with Gasteiger partial charge in [0.15, 0.2) is 23.1 Å². The fourth-order valence-electron chi connectivity index (χ4n) is 8.40. The Morgan fingerprint density at radius 1 is 0.701 bits per heavy atom. The molecule has 2 saturated heterocycles. The summed E-state index contributed by atoms with van der Waals surface area (Å²) in [7, 11) is 2.79. The Morgan fingerprint density at radius 3 is 1.58 bits per heavy atom. The molecule has 8 rings (SSSR count). The van der Waals surface area contributed by atoms with Gasteiger partial charge in [-0.2, -0.15) is 0 Å². The van der Waals surface area contributed by atoms with Crippen LogP contribution in [-0.2, 0) is 27.6 Å². The number of benzene rings is 2. The fraction of sp³-hybridized carbons (Fsp3) is 0.468. The number of methoxy groups -OCH3 is 2. The molecule has 2 fully saturated rings. The van der Waals surface area contributed by atoms with Crippen LogP contribution in [-0.4, -0.2) is 107 Å². The van der Waals surface area contributed by atoms with E-state index in [2.05, 4.69) is 46.2 Å². The van der Waals surface area contributed by atoms with Crippen molar-refractivity contribution in [3.63, 3.8) is 0 Å². The molecule has 67 heavy (non-hydrogen) atoms. The molecule has 4 aliphatic rings. The first kappa shape index (κ1) is 50.1. The molecule has 0 bridgehead atoms. The number of hydrogen-bond donors (Lipinski definition) is 3. The third-order valence-electron chi connectivity index (χ3n) is 12.1. The quantitative estimate of drug-likeness (QED) is 0.146. The predicted octanol–water partition coefficient (Wildman–Crippen LogP) is 5.78. The van der Waals surface area contributed by atoms with Crippen LogP contribution in [0.5, 0.6) is 11.5 Å². The van der Waals surface area contributed by atoms with Crippen molar-refractivity contribution in [2.75, 3.05) is 40.4 Å². The number of halogens is 3. The second-order valence-corrected chi connectivity index (χ2v) is 16.6. The maximum Gasteiger partial charge on any atom is 0.270 e. The van der Waals surface area contributed by atoms with Gasteiger partial charge in [0.1, 0.15) is 46.7 Å². The van der Waals surface area contributed by atoms with Crippen LogP contribution >= 0.6 is 12.4 Å². The van der Waals surface area contributed by atoms with E-state index >= 15 is 0 Å². The van der Waals surface area contributed by atoms with Gasteiger partial charge in [0.2, 0.25) is 5.91 Å². The van der Waals surface area contributed by atoms with Crippen molar-refractivity contribution in [3.05, 3.63) is 106 Å². The van der Waals surface area contributed by atoms with Crippen molar-refractivity contribution in [3.8, 4) is 11.5 Å². The molecule has 0 saturated carbocycles. The van der Waals surface area contributed by atoms with E-state index < -0.39 is 11.6 Å². The Hall–Kier alpha value is -6.34. The van der Waals surface area contributed by atoms with Gasteiger partial charge in [-0.25, -0.2) is 28.7 Å². The zero-order valence-corrected chi connectivity index (χ0v) is 39.1. The molecule has 0 spiro atoms. The first-order valence-corrected chi connectivity index (χ1v) is 22.3. The molecule has 6 heterocycles. The van der Waals surface area contributed by atoms with Gasteiger partial charge in [0.05, 0.1) is 25.6 Å². The maximum absolute atomic E-state index is 13.6. The van der Waals surface area contributed by atoms with Crippen LogP contribution in [0.4, 0.5) is 8.78 Å². The summed E-state index contributed by atoms with van der Waals surface area (Å²) in [4.78, 5) is 68.2. The fourth-order valence-corrected chi connectivity index (χ4v) is 8.40. The molecule has 2 aromatic heterocycles. The summed E-state index contributed by atoms with van der Waals surface area (Å²) in [6, 6.07) is 12.1. The molecule has 20 heteroatoms. The van der Waals surface area contributed by atoms with E-state index in [0.29, 0.717) is 65.4 Å². The summed E-state index contributed by atoms with van der Waals surface area (Å²) in [5.74, 6) is 0.543. The highest BCUT2D eigenvalue weighted by Crippen LogP contribution is 2.31. The Bertz CT molecular complexity index is 2460. The number of piperidine rings is 2. The molecule has 3 N–H and O–H groups in total. The second-order valence-electron chi connectivity index (χ2n) is 16.6. The number of nitrogens with one attached hydrogen (secondary N) is 3. The van der Waals surface area contributed by atoms with E-state index in [1.54, 1.807) is 50.2 Å². The molecule has 0 aliphatic carbocycles. The monoisotopic (exact) mass is 946 g/mol. The highest BCUT2D eigenvalue weighted by Gasteiger charge is 2.35. The number of ether oxygens (including phenoxy) is 2. The summed E-state index contributed by atoms with van der Waals surface area (Å²) in [6.07, 6.45) is 5.68. The lowest BCUT2D eigenvalue weighted by Crippen LogP contribution is -2.41. The van der Waals surface area contributed by atoms with Crippen molar-refractivity contribution < 1.29 is 42.3 Å². The van der Waals surface area contributed by atoms with Crippen LogP contribution in [0.1, 0.15) is 107 Å². The van der Waals surface area contributed by atoms with E-state index in [1.165, 1.54) is 26.4 Å². The number of aryl methyl sites for hydroxylation is 2. The van der Waals surface area contributed by atoms with Gasteiger partial charge in [-0.1, -0.05) is 29.4 Å². The lowest BCUT2D eigenvalue weighted by Gasteiger charge is -2.33. The van der Waals surface area contributed by atoms with Crippen LogP contribution in [0.15, 0.2) is 58.8 Å². The number of likely N-dealkylation sites (tertiary alicyclic amines) is 1. The standard InChI is InChI=1S/C25H30FN5O4.C22H26FN5O3.ClH/c1-4-24(32)31-9-7-17(8-10-31)22-13-20(30-35-22)19-12-21(29-15(2)28-19)25(33)27-14-16-5-6-18(26)23(11-16)34-3;1-13-26-17(18-11-20(31-28-18)15-5-7-24-8-6-15)10-19(27-13)22(29)25-12-14-3-4-16(23)21(9-14)30-2;/h5-6,11-12,17,22H,4,7-10,13-14H2,1-3H3,(H,27,33);3-4,9-10,15,20,24H,5-8,11-12H2,1-2H3,(H,25,29);1H. The molecule has 2 aromatic carbocycles. The molecule has 4 aromatic rings. The Kier molecular flexibility index (Phi) is 17.5. The van der Waals surface area contributed by atoms with E-state index in [4.69, 9.17) is 19.1 Å². The number of rotatable bonds is 13. The first-order chi connectivity index (χ1) is 31.9. The van der Waals surface area contributed by atoms with Gasteiger partial charge < -0.3 is 40.0 Å². The average Bonchev–Trinajstić information content (AvgIpc) is 4.05. The van der Waals surface area contributed by atoms with Gasteiger partial charge in [-0.3, -0.25) is 14.4 Å². The normalized spacial score (nSPS) is 18.2. The van der Waals surface area contributed by atoms with Gasteiger partial charge in [-0.15, -0.1) is 12.4 Å². The molecule has 0 radical (unpaired) electrons. The molecule has 2 unspecified atom stereocenters. The summed E-state index contributed by atoms with van der Waals surface area (Å²) in [6.45, 7) is 9.23. The number of carbonyl (C=O) groups excluding carboxylic acids is 3. The summed E-state index contributed by atoms with van der Waals surface area (Å²) in [5, 5.41) is 17.5. The summed E-state index contributed by atoms with van der Waals surface area (Å²) < 4.78 is 37.1. The number of oxime groups is 2. The average molecular weight is 947 g/mol. The van der Waals surface area contributed by atoms with Crippen LogP contribution in [0.25, 0.3) is 0 Å². The van der Waals surface area contributed by atoms with Gasteiger partial charge in [-0.05, 0) is 100 Å². The van der Waals surface area contributed by atoms with E-state index in [0.717, 1.165) is 63.1 Å². The molecule has 4 aliphatic heterocycles. The zero-order valence-electron chi connectivity index (χ0n) is 38.3. The highest BCUT2D eigenvalue weighted by atomic mass is 35.5. The largest absolute Gasteiger partial charge is 0.494 e. The number of carbonyl (C=O) groups is 3. The molecule has 358 valence electrons. The van der Waals surface area contributed by atoms with E-state index in [1.807, 2.05) is 11.8 Å². The number of aromatic nitrogens is 4. The number of amides is 3. The van der Waals surface area contributed by atoms with E-state index in [-0.39, 0.29) is 78.3 Å². The van der Waals surface area contributed by atoms with Gasteiger partial charge in [0.25, 0.3) is 11.8 Å². The minimum atomic E-state index is -0.462. The molecule has 2 atom stereocenters. The third kappa shape index (κ3) is 13.0. The van der Waals surface area contributed by atoms with Crippen molar-refractivity contribution in [1.82, 2.24) is 40.8 Å². The topological polar surface area (TPSA) is 204 Å². The van der Waals surface area contributed by atoms with Crippen LogP contribution < -0.4 is 25.4 Å². The van der Waals surface area contributed by atoms with E-state index in [9.17, 15) is 23.2 Å². The second kappa shape index (κ2) is 23.4. The van der Waals surface area contributed by atoms with Crippen LogP contribution in [0.3, 0.4) is 0 Å². The minimum absolute atomic E-state index is 0. The lowest BCUT2D eigenvalue weighted by molar-refractivity contribution is -0.133. The van der Waals surface area contributed by atoms with Crippen LogP contribution in [0, 0.1) is 37.3 Å². The third-order valence-corrected chi connectivity index (χ3v) is 12.1. The van der Waals surface area contributed by atoms with Crippen molar-refractivity contribution >= 4 is 41.6 Å². The smallest absolute Gasteiger partial charge is 0.270 e. The number of nitrogens with zero attached hydrogens (tertiary/aromatic N) is 7.